The Balaban J connectivity index is 2.19. The zero-order valence-electron chi connectivity index (χ0n) is 13.6. The van der Waals surface area contributed by atoms with E-state index in [9.17, 15) is 0 Å². The standard InChI is InChI=1S/C17H29N3O/c1-15(16-10-6-4-7-11-16)14-20-17(18-2)19-12-8-5-9-13-21-3/h4,6-7,10-11,15H,5,8-9,12-14H2,1-3H3,(H2,18,19,20). The summed E-state index contributed by atoms with van der Waals surface area (Å²) in [7, 11) is 3.56. The van der Waals surface area contributed by atoms with Crippen molar-refractivity contribution in [1.29, 1.82) is 0 Å². The number of benzene rings is 1. The van der Waals surface area contributed by atoms with Crippen molar-refractivity contribution in [2.75, 3.05) is 33.9 Å². The van der Waals surface area contributed by atoms with Gasteiger partial charge in [0.15, 0.2) is 5.96 Å². The number of hydrogen-bond donors (Lipinski definition) is 2. The number of hydrogen-bond acceptors (Lipinski definition) is 2. The van der Waals surface area contributed by atoms with Crippen LogP contribution in [0, 0.1) is 0 Å². The van der Waals surface area contributed by atoms with Crippen molar-refractivity contribution in [3.63, 3.8) is 0 Å². The van der Waals surface area contributed by atoms with E-state index >= 15 is 0 Å². The lowest BCUT2D eigenvalue weighted by Crippen LogP contribution is -2.39. The van der Waals surface area contributed by atoms with E-state index in [1.165, 1.54) is 12.0 Å². The average molecular weight is 291 g/mol. The molecule has 0 aromatic heterocycles. The molecule has 21 heavy (non-hydrogen) atoms. The Morgan fingerprint density at radius 2 is 1.90 bits per heavy atom. The highest BCUT2D eigenvalue weighted by Gasteiger charge is 2.05. The number of unbranched alkanes of at least 4 members (excludes halogenated alkanes) is 2. The molecular weight excluding hydrogens is 262 g/mol. The summed E-state index contributed by atoms with van der Waals surface area (Å²) in [6, 6.07) is 10.5. The first-order valence-corrected chi connectivity index (χ1v) is 7.76. The van der Waals surface area contributed by atoms with Crippen molar-refractivity contribution in [1.82, 2.24) is 10.6 Å². The van der Waals surface area contributed by atoms with Crippen molar-refractivity contribution in [2.45, 2.75) is 32.1 Å². The maximum Gasteiger partial charge on any atom is 0.190 e. The predicted molar refractivity (Wildman–Crippen MR) is 89.9 cm³/mol. The first-order valence-electron chi connectivity index (χ1n) is 7.76. The second kappa shape index (κ2) is 11.1. The molecule has 0 spiro atoms. The molecule has 0 aliphatic heterocycles. The minimum atomic E-state index is 0.464. The summed E-state index contributed by atoms with van der Waals surface area (Å²) < 4.78 is 5.04. The normalized spacial score (nSPS) is 13.0. The molecule has 1 aromatic carbocycles. The number of methoxy groups -OCH3 is 1. The first-order chi connectivity index (χ1) is 10.3. The summed E-state index contributed by atoms with van der Waals surface area (Å²) in [4.78, 5) is 4.26. The number of rotatable bonds is 9. The topological polar surface area (TPSA) is 45.7 Å². The van der Waals surface area contributed by atoms with Crippen LogP contribution in [0.5, 0.6) is 0 Å². The maximum absolute atomic E-state index is 5.04. The second-order valence-electron chi connectivity index (χ2n) is 5.25. The van der Waals surface area contributed by atoms with E-state index in [1.54, 1.807) is 7.11 Å². The van der Waals surface area contributed by atoms with E-state index in [-0.39, 0.29) is 0 Å². The molecule has 0 fully saturated rings. The van der Waals surface area contributed by atoms with E-state index in [2.05, 4.69) is 46.8 Å². The van der Waals surface area contributed by atoms with Crippen LogP contribution in [0.15, 0.2) is 35.3 Å². The molecule has 0 aliphatic rings. The van der Waals surface area contributed by atoms with Gasteiger partial charge in [-0.15, -0.1) is 0 Å². The second-order valence-corrected chi connectivity index (χ2v) is 5.25. The predicted octanol–water partition coefficient (Wildman–Crippen LogP) is 2.77. The summed E-state index contributed by atoms with van der Waals surface area (Å²) in [5.74, 6) is 1.34. The highest BCUT2D eigenvalue weighted by molar-refractivity contribution is 5.79. The number of guanidine groups is 1. The number of nitrogens with one attached hydrogen (secondary N) is 2. The van der Waals surface area contributed by atoms with Crippen molar-refractivity contribution in [3.05, 3.63) is 35.9 Å². The van der Waals surface area contributed by atoms with Gasteiger partial charge in [-0.2, -0.15) is 0 Å². The van der Waals surface area contributed by atoms with Gasteiger partial charge in [-0.1, -0.05) is 37.3 Å². The zero-order valence-corrected chi connectivity index (χ0v) is 13.6. The quantitative estimate of drug-likeness (QED) is 0.418. The van der Waals surface area contributed by atoms with Crippen molar-refractivity contribution in [2.24, 2.45) is 4.99 Å². The first kappa shape index (κ1) is 17.5. The van der Waals surface area contributed by atoms with Crippen LogP contribution in [0.4, 0.5) is 0 Å². The summed E-state index contributed by atoms with van der Waals surface area (Å²) in [6.07, 6.45) is 3.44. The van der Waals surface area contributed by atoms with Gasteiger partial charge in [0.2, 0.25) is 0 Å². The van der Waals surface area contributed by atoms with Crippen LogP contribution in [-0.2, 0) is 4.74 Å². The van der Waals surface area contributed by atoms with Crippen LogP contribution in [0.2, 0.25) is 0 Å². The van der Waals surface area contributed by atoms with Crippen LogP contribution in [0.25, 0.3) is 0 Å². The largest absolute Gasteiger partial charge is 0.385 e. The Labute approximate surface area is 129 Å². The molecule has 0 saturated heterocycles. The van der Waals surface area contributed by atoms with Crippen molar-refractivity contribution >= 4 is 5.96 Å². The van der Waals surface area contributed by atoms with Gasteiger partial charge < -0.3 is 15.4 Å². The van der Waals surface area contributed by atoms with Crippen molar-refractivity contribution < 1.29 is 4.74 Å². The molecule has 1 aromatic rings. The molecule has 4 heteroatoms. The maximum atomic E-state index is 5.04. The van der Waals surface area contributed by atoms with E-state index in [1.807, 2.05) is 13.1 Å². The van der Waals surface area contributed by atoms with Crippen LogP contribution in [0.1, 0.15) is 37.7 Å². The molecule has 4 nitrogen and oxygen atoms in total. The fraction of sp³-hybridized carbons (Fsp3) is 0.588. The van der Waals surface area contributed by atoms with Crippen molar-refractivity contribution in [3.8, 4) is 0 Å². The van der Waals surface area contributed by atoms with Gasteiger partial charge in [0.05, 0.1) is 0 Å². The number of nitrogens with zero attached hydrogens (tertiary/aromatic N) is 1. The van der Waals surface area contributed by atoms with E-state index < -0.39 is 0 Å². The minimum Gasteiger partial charge on any atom is -0.385 e. The molecule has 1 atom stereocenters. The van der Waals surface area contributed by atoms with Gasteiger partial charge in [-0.25, -0.2) is 0 Å². The lowest BCUT2D eigenvalue weighted by molar-refractivity contribution is 0.192. The zero-order chi connectivity index (χ0) is 15.3. The summed E-state index contributed by atoms with van der Waals surface area (Å²) in [6.45, 7) is 4.90. The molecule has 0 bridgehead atoms. The van der Waals surface area contributed by atoms with Gasteiger partial charge in [0, 0.05) is 33.9 Å². The van der Waals surface area contributed by atoms with Gasteiger partial charge in [0.1, 0.15) is 0 Å². The fourth-order valence-corrected chi connectivity index (χ4v) is 2.12. The van der Waals surface area contributed by atoms with E-state index in [4.69, 9.17) is 4.74 Å². The Bertz CT molecular complexity index is 392. The Hall–Kier alpha value is -1.55. The molecule has 1 unspecified atom stereocenters. The molecule has 2 N–H and O–H groups in total. The monoisotopic (exact) mass is 291 g/mol. The third-order valence-corrected chi connectivity index (χ3v) is 3.49. The summed E-state index contributed by atoms with van der Waals surface area (Å²) >= 11 is 0. The van der Waals surface area contributed by atoms with Crippen LogP contribution < -0.4 is 10.6 Å². The minimum absolute atomic E-state index is 0.464. The lowest BCUT2D eigenvalue weighted by atomic mass is 10.0. The number of aliphatic imine (C=N–C) groups is 1. The molecule has 0 aliphatic carbocycles. The van der Waals surface area contributed by atoms with Crippen LogP contribution in [-0.4, -0.2) is 39.8 Å². The lowest BCUT2D eigenvalue weighted by Gasteiger charge is -2.16. The SMILES string of the molecule is CN=C(NCCCCCOC)NCC(C)c1ccccc1. The molecule has 0 heterocycles. The van der Waals surface area contributed by atoms with E-state index in [0.717, 1.165) is 38.5 Å². The highest BCUT2D eigenvalue weighted by Crippen LogP contribution is 2.12. The van der Waals surface area contributed by atoms with Crippen LogP contribution >= 0.6 is 0 Å². The molecule has 118 valence electrons. The molecule has 1 rings (SSSR count). The Kier molecular flexibility index (Phi) is 9.29. The van der Waals surface area contributed by atoms with Gasteiger partial charge in [-0.05, 0) is 30.7 Å². The Morgan fingerprint density at radius 1 is 1.14 bits per heavy atom. The Morgan fingerprint density at radius 3 is 2.57 bits per heavy atom. The molecule has 0 radical (unpaired) electrons. The fourth-order valence-electron chi connectivity index (χ4n) is 2.12. The van der Waals surface area contributed by atoms with Crippen LogP contribution in [0.3, 0.4) is 0 Å². The summed E-state index contributed by atoms with van der Waals surface area (Å²) in [5.41, 5.74) is 1.35. The van der Waals surface area contributed by atoms with Gasteiger partial charge >= 0.3 is 0 Å². The molecular formula is C17H29N3O. The third-order valence-electron chi connectivity index (χ3n) is 3.49. The molecule has 0 amide bonds. The highest BCUT2D eigenvalue weighted by atomic mass is 16.5. The average Bonchev–Trinajstić information content (AvgIpc) is 2.54. The third kappa shape index (κ3) is 7.71. The van der Waals surface area contributed by atoms with Gasteiger partial charge in [-0.3, -0.25) is 4.99 Å². The summed E-state index contributed by atoms with van der Waals surface area (Å²) in [5, 5.41) is 6.74. The van der Waals surface area contributed by atoms with E-state index in [0.29, 0.717) is 5.92 Å². The van der Waals surface area contributed by atoms with Gasteiger partial charge in [0.25, 0.3) is 0 Å². The number of ether oxygens (including phenoxy) is 1. The smallest absolute Gasteiger partial charge is 0.190 e. The molecule has 0 saturated carbocycles.